The van der Waals surface area contributed by atoms with E-state index in [1.807, 2.05) is 96.8 Å². The first-order chi connectivity index (χ1) is 21.3. The molecule has 6 atom stereocenters. The Labute approximate surface area is 260 Å². The first-order valence-electron chi connectivity index (χ1n) is 16.0. The van der Waals surface area contributed by atoms with Gasteiger partial charge in [0.05, 0.1) is 30.1 Å². The summed E-state index contributed by atoms with van der Waals surface area (Å²) >= 11 is 0. The summed E-state index contributed by atoms with van der Waals surface area (Å²) < 4.78 is 6.97. The van der Waals surface area contributed by atoms with Crippen LogP contribution in [0, 0.1) is 11.8 Å². The zero-order valence-electron chi connectivity index (χ0n) is 25.7. The minimum Gasteiger partial charge on any atom is -0.394 e. The number of ether oxygens (including phenoxy) is 1. The average Bonchev–Trinajstić information content (AvgIpc) is 3.31. The highest BCUT2D eigenvalue weighted by Crippen LogP contribution is 2.58. The van der Waals surface area contributed by atoms with Crippen molar-refractivity contribution in [2.24, 2.45) is 11.8 Å². The highest BCUT2D eigenvalue weighted by Gasteiger charge is 2.75. The van der Waals surface area contributed by atoms with E-state index in [0.29, 0.717) is 32.6 Å². The fraction of sp³-hybridized carbons (Fsp3) is 0.472. The highest BCUT2D eigenvalue weighted by atomic mass is 16.5. The summed E-state index contributed by atoms with van der Waals surface area (Å²) in [6.45, 7) is 5.47. The molecular formula is C36H43N3O5. The van der Waals surface area contributed by atoms with Gasteiger partial charge < -0.3 is 24.5 Å². The summed E-state index contributed by atoms with van der Waals surface area (Å²) in [5, 5.41) is 10.7. The van der Waals surface area contributed by atoms with Crippen LogP contribution in [0.3, 0.4) is 0 Å². The normalized spacial score (nSPS) is 30.2. The smallest absolute Gasteiger partial charge is 0.249 e. The molecule has 8 nitrogen and oxygen atoms in total. The van der Waals surface area contributed by atoms with E-state index in [2.05, 4.69) is 6.92 Å². The number of carbonyl (C=O) groups is 3. The van der Waals surface area contributed by atoms with Crippen LogP contribution in [0.4, 0.5) is 0 Å². The van der Waals surface area contributed by atoms with Crippen LogP contribution in [-0.2, 0) is 32.1 Å². The Hall–Kier alpha value is -3.75. The lowest BCUT2D eigenvalue weighted by molar-refractivity contribution is -0.156. The van der Waals surface area contributed by atoms with Crippen molar-refractivity contribution in [2.45, 2.75) is 69.4 Å². The van der Waals surface area contributed by atoms with E-state index < -0.39 is 35.1 Å². The molecule has 8 heteroatoms. The molecule has 44 heavy (non-hydrogen) atoms. The number of rotatable bonds is 10. The van der Waals surface area contributed by atoms with Gasteiger partial charge in [0, 0.05) is 26.2 Å². The van der Waals surface area contributed by atoms with Gasteiger partial charge in [-0.3, -0.25) is 14.4 Å². The maximum atomic E-state index is 14.8. The van der Waals surface area contributed by atoms with Crippen LogP contribution < -0.4 is 0 Å². The van der Waals surface area contributed by atoms with Gasteiger partial charge in [-0.2, -0.15) is 0 Å². The predicted octanol–water partition coefficient (Wildman–Crippen LogP) is 3.75. The molecule has 2 aromatic carbocycles. The number of fused-ring (bicyclic) bond motifs is 2. The third kappa shape index (κ3) is 5.18. The molecule has 0 saturated carbocycles. The van der Waals surface area contributed by atoms with E-state index >= 15 is 0 Å². The number of nitrogens with zero attached hydrogens (tertiary/aromatic N) is 3. The summed E-state index contributed by atoms with van der Waals surface area (Å²) in [5.74, 6) is -2.40. The van der Waals surface area contributed by atoms with Crippen molar-refractivity contribution in [1.82, 2.24) is 14.7 Å². The van der Waals surface area contributed by atoms with Gasteiger partial charge in [0.15, 0.2) is 0 Å². The van der Waals surface area contributed by atoms with Crippen molar-refractivity contribution in [1.29, 1.82) is 0 Å². The molecule has 2 fully saturated rings. The van der Waals surface area contributed by atoms with Crippen molar-refractivity contribution in [3.05, 3.63) is 96.1 Å². The summed E-state index contributed by atoms with van der Waals surface area (Å²) in [6.07, 6.45) is 10.9. The molecule has 0 aliphatic carbocycles. The van der Waals surface area contributed by atoms with Crippen LogP contribution in [0.15, 0.2) is 85.0 Å². The maximum Gasteiger partial charge on any atom is 0.249 e. The van der Waals surface area contributed by atoms with Crippen LogP contribution in [0.1, 0.15) is 44.2 Å². The van der Waals surface area contributed by atoms with Crippen molar-refractivity contribution in [3.63, 3.8) is 0 Å². The molecule has 6 rings (SSSR count). The van der Waals surface area contributed by atoms with Crippen LogP contribution in [0.2, 0.25) is 0 Å². The fourth-order valence-corrected chi connectivity index (χ4v) is 7.79. The first-order valence-corrected chi connectivity index (χ1v) is 16.0. The summed E-state index contributed by atoms with van der Waals surface area (Å²) in [7, 11) is 0. The standard InChI is InChI=1S/C36H43N3O5/c1-3-4-11-20-37-21-13-19-36-30(33(42)39(31(36)34(37)43)28(25-40)23-26-14-7-5-8-15-26)29-32(41)38(22-12-18-35(29,2)44-36)24-27-16-9-6-10-17-27/h5-10,12-19,28-31,40H,3-4,11,20-25H2,1-2H3/t28-,29-,30+,31?,35+,36+/m1/s1. The van der Waals surface area contributed by atoms with Crippen LogP contribution in [-0.4, -0.2) is 87.1 Å². The molecule has 2 aromatic rings. The minimum atomic E-state index is -1.34. The zero-order valence-corrected chi connectivity index (χ0v) is 25.7. The van der Waals surface area contributed by atoms with Gasteiger partial charge in [0.25, 0.3) is 0 Å². The Bertz CT molecular complexity index is 1430. The third-order valence-electron chi connectivity index (χ3n) is 9.83. The van der Waals surface area contributed by atoms with Crippen molar-refractivity contribution in [2.75, 3.05) is 26.2 Å². The minimum absolute atomic E-state index is 0.161. The van der Waals surface area contributed by atoms with Gasteiger partial charge in [0.1, 0.15) is 11.6 Å². The SMILES string of the molecule is CCCCCN1CC=C[C@]23O[C@@]4(C)C=CCN(Cc5ccccc5)C(=O)[C@H]4[C@H]2C(=O)N([C@@H](CO)Cc2ccccc2)C3C1=O. The predicted molar refractivity (Wildman–Crippen MR) is 167 cm³/mol. The van der Waals surface area contributed by atoms with Gasteiger partial charge in [-0.1, -0.05) is 105 Å². The van der Waals surface area contributed by atoms with Crippen molar-refractivity contribution in [3.8, 4) is 0 Å². The van der Waals surface area contributed by atoms with Gasteiger partial charge in [0.2, 0.25) is 17.7 Å². The molecule has 1 unspecified atom stereocenters. The zero-order chi connectivity index (χ0) is 30.9. The monoisotopic (exact) mass is 597 g/mol. The number of carbonyl (C=O) groups excluding carboxylic acids is 3. The summed E-state index contributed by atoms with van der Waals surface area (Å²) in [6, 6.07) is 17.9. The number of aliphatic hydroxyl groups is 1. The number of hydrogen-bond donors (Lipinski definition) is 1. The molecule has 2 saturated heterocycles. The molecule has 0 radical (unpaired) electrons. The van der Waals surface area contributed by atoms with Crippen LogP contribution in [0.5, 0.6) is 0 Å². The molecule has 4 aliphatic rings. The van der Waals surface area contributed by atoms with E-state index in [0.717, 1.165) is 30.4 Å². The van der Waals surface area contributed by atoms with E-state index in [9.17, 15) is 19.5 Å². The second-order valence-electron chi connectivity index (χ2n) is 12.8. The second-order valence-corrected chi connectivity index (χ2v) is 12.8. The van der Waals surface area contributed by atoms with Crippen LogP contribution in [0.25, 0.3) is 0 Å². The molecule has 1 spiro atoms. The Morgan fingerprint density at radius 2 is 1.50 bits per heavy atom. The first kappa shape index (κ1) is 30.3. The maximum absolute atomic E-state index is 14.8. The number of benzene rings is 2. The number of amides is 3. The Morgan fingerprint density at radius 3 is 2.18 bits per heavy atom. The number of aliphatic hydroxyl groups excluding tert-OH is 1. The quantitative estimate of drug-likeness (QED) is 0.333. The van der Waals surface area contributed by atoms with Crippen LogP contribution >= 0.6 is 0 Å². The molecule has 4 aliphatic heterocycles. The number of likely N-dealkylation sites (tertiary alicyclic amines) is 1. The molecule has 3 amide bonds. The lowest BCUT2D eigenvalue weighted by Gasteiger charge is -2.40. The number of unbranched alkanes of at least 4 members (excludes halogenated alkanes) is 2. The lowest BCUT2D eigenvalue weighted by Crippen LogP contribution is -2.59. The topological polar surface area (TPSA) is 90.4 Å². The van der Waals surface area contributed by atoms with E-state index in [1.54, 1.807) is 9.80 Å². The third-order valence-corrected chi connectivity index (χ3v) is 9.83. The molecule has 4 heterocycles. The fourth-order valence-electron chi connectivity index (χ4n) is 7.79. The van der Waals surface area contributed by atoms with Gasteiger partial charge in [-0.05, 0) is 30.9 Å². The van der Waals surface area contributed by atoms with Gasteiger partial charge in [-0.15, -0.1) is 0 Å². The Balaban J connectivity index is 1.42. The second kappa shape index (κ2) is 12.3. The Morgan fingerprint density at radius 1 is 0.841 bits per heavy atom. The molecule has 0 bridgehead atoms. The largest absolute Gasteiger partial charge is 0.394 e. The molecular weight excluding hydrogens is 554 g/mol. The molecule has 1 N–H and O–H groups in total. The molecule has 232 valence electrons. The van der Waals surface area contributed by atoms with E-state index in [1.165, 1.54) is 0 Å². The van der Waals surface area contributed by atoms with Gasteiger partial charge in [-0.25, -0.2) is 0 Å². The lowest BCUT2D eigenvalue weighted by atomic mass is 9.74. The molecule has 0 aromatic heterocycles. The number of hydrogen-bond acceptors (Lipinski definition) is 5. The summed E-state index contributed by atoms with van der Waals surface area (Å²) in [4.78, 5) is 49.1. The highest BCUT2D eigenvalue weighted by molar-refractivity contribution is 6.00. The Kier molecular flexibility index (Phi) is 8.49. The van der Waals surface area contributed by atoms with E-state index in [-0.39, 0.29) is 24.3 Å². The van der Waals surface area contributed by atoms with Gasteiger partial charge >= 0.3 is 0 Å². The average molecular weight is 598 g/mol. The van der Waals surface area contributed by atoms with Crippen molar-refractivity contribution >= 4 is 17.7 Å². The van der Waals surface area contributed by atoms with Crippen molar-refractivity contribution < 1.29 is 24.2 Å². The summed E-state index contributed by atoms with van der Waals surface area (Å²) in [5.41, 5.74) is -0.467. The van der Waals surface area contributed by atoms with E-state index in [4.69, 9.17) is 4.74 Å².